The quantitative estimate of drug-likeness (QED) is 0.355. The second-order valence-corrected chi connectivity index (χ2v) is 6.43. The molecule has 0 N–H and O–H groups in total. The van der Waals surface area contributed by atoms with Gasteiger partial charge in [0, 0.05) is 0 Å². The highest BCUT2D eigenvalue weighted by Crippen LogP contribution is 2.31. The number of unbranched alkanes of at least 4 members (excludes halogenated alkanes) is 8. The molecule has 0 radical (unpaired) electrons. The van der Waals surface area contributed by atoms with Crippen LogP contribution in [0.5, 0.6) is 11.5 Å². The standard InChI is InChI=1S/C21H36O2/c1-4-6-8-10-12-17-22-20-16-14-15-19(3)21(20)23-18-13-11-9-7-5-2/h14-16H,4-13,17-18H2,1-3H3. The molecular weight excluding hydrogens is 284 g/mol. The summed E-state index contributed by atoms with van der Waals surface area (Å²) in [5.41, 5.74) is 1.17. The number of aryl methyl sites for hydroxylation is 1. The van der Waals surface area contributed by atoms with Crippen LogP contribution in [0.2, 0.25) is 0 Å². The molecule has 0 unspecified atom stereocenters. The third-order valence-corrected chi connectivity index (χ3v) is 4.18. The zero-order valence-corrected chi connectivity index (χ0v) is 15.5. The Morgan fingerprint density at radius 2 is 1.26 bits per heavy atom. The van der Waals surface area contributed by atoms with Crippen molar-refractivity contribution in [1.29, 1.82) is 0 Å². The van der Waals surface area contributed by atoms with Gasteiger partial charge in [0.05, 0.1) is 13.2 Å². The van der Waals surface area contributed by atoms with Crippen molar-refractivity contribution in [2.24, 2.45) is 0 Å². The zero-order valence-electron chi connectivity index (χ0n) is 15.5. The van der Waals surface area contributed by atoms with Crippen molar-refractivity contribution in [1.82, 2.24) is 0 Å². The van der Waals surface area contributed by atoms with E-state index in [1.807, 2.05) is 6.07 Å². The van der Waals surface area contributed by atoms with E-state index in [0.717, 1.165) is 37.6 Å². The van der Waals surface area contributed by atoms with Crippen molar-refractivity contribution in [2.75, 3.05) is 13.2 Å². The SMILES string of the molecule is CCCCCCCOc1cccc(C)c1OCCCCCCC. The van der Waals surface area contributed by atoms with E-state index in [2.05, 4.69) is 32.9 Å². The molecule has 0 fully saturated rings. The second-order valence-electron chi connectivity index (χ2n) is 6.43. The maximum atomic E-state index is 6.02. The van der Waals surface area contributed by atoms with Crippen molar-refractivity contribution >= 4 is 0 Å². The Hall–Kier alpha value is -1.18. The summed E-state index contributed by atoms with van der Waals surface area (Å²) in [6, 6.07) is 6.18. The van der Waals surface area contributed by atoms with E-state index in [9.17, 15) is 0 Å². The number of rotatable bonds is 14. The van der Waals surface area contributed by atoms with E-state index in [4.69, 9.17) is 9.47 Å². The van der Waals surface area contributed by atoms with E-state index < -0.39 is 0 Å². The Balaban J connectivity index is 2.33. The molecule has 0 atom stereocenters. The van der Waals surface area contributed by atoms with Crippen LogP contribution in [-0.4, -0.2) is 13.2 Å². The molecule has 1 aromatic carbocycles. The fraction of sp³-hybridized carbons (Fsp3) is 0.714. The largest absolute Gasteiger partial charge is 0.490 e. The predicted molar refractivity (Wildman–Crippen MR) is 99.7 cm³/mol. The highest BCUT2D eigenvalue weighted by atomic mass is 16.5. The lowest BCUT2D eigenvalue weighted by Crippen LogP contribution is -2.04. The fourth-order valence-corrected chi connectivity index (χ4v) is 2.69. The van der Waals surface area contributed by atoms with Crippen LogP contribution in [0.4, 0.5) is 0 Å². The van der Waals surface area contributed by atoms with Crippen LogP contribution in [0.1, 0.15) is 83.6 Å². The summed E-state index contributed by atoms with van der Waals surface area (Å²) < 4.78 is 12.0. The number of hydrogen-bond donors (Lipinski definition) is 0. The van der Waals surface area contributed by atoms with E-state index >= 15 is 0 Å². The first-order valence-corrected chi connectivity index (χ1v) is 9.64. The molecule has 0 spiro atoms. The number of para-hydroxylation sites is 1. The molecule has 1 aromatic rings. The molecule has 0 aliphatic heterocycles. The van der Waals surface area contributed by atoms with Gasteiger partial charge in [0.2, 0.25) is 0 Å². The molecule has 2 nitrogen and oxygen atoms in total. The van der Waals surface area contributed by atoms with E-state index in [0.29, 0.717) is 0 Å². The minimum Gasteiger partial charge on any atom is -0.490 e. The molecule has 0 saturated carbocycles. The molecule has 0 saturated heterocycles. The molecule has 1 rings (SSSR count). The van der Waals surface area contributed by atoms with Crippen LogP contribution >= 0.6 is 0 Å². The predicted octanol–water partition coefficient (Wildman–Crippen LogP) is 6.69. The van der Waals surface area contributed by atoms with Crippen LogP contribution in [-0.2, 0) is 0 Å². The summed E-state index contributed by atoms with van der Waals surface area (Å²) in [7, 11) is 0. The second kappa shape index (κ2) is 13.3. The highest BCUT2D eigenvalue weighted by molar-refractivity contribution is 5.45. The third-order valence-electron chi connectivity index (χ3n) is 4.18. The molecule has 132 valence electrons. The van der Waals surface area contributed by atoms with E-state index in [1.165, 1.54) is 56.9 Å². The average Bonchev–Trinajstić information content (AvgIpc) is 2.56. The lowest BCUT2D eigenvalue weighted by Gasteiger charge is -2.15. The van der Waals surface area contributed by atoms with E-state index in [1.54, 1.807) is 0 Å². The van der Waals surface area contributed by atoms with Gasteiger partial charge in [0.25, 0.3) is 0 Å². The molecule has 0 aromatic heterocycles. The minimum absolute atomic E-state index is 0.792. The van der Waals surface area contributed by atoms with Crippen molar-refractivity contribution in [2.45, 2.75) is 85.0 Å². The summed E-state index contributed by atoms with van der Waals surface area (Å²) in [4.78, 5) is 0. The Morgan fingerprint density at radius 3 is 1.87 bits per heavy atom. The first kappa shape index (κ1) is 19.9. The Bertz CT molecular complexity index is 401. The Labute approximate surface area is 143 Å². The van der Waals surface area contributed by atoms with Gasteiger partial charge in [0.1, 0.15) is 0 Å². The normalized spacial score (nSPS) is 10.7. The third kappa shape index (κ3) is 8.88. The lowest BCUT2D eigenvalue weighted by molar-refractivity contribution is 0.257. The van der Waals surface area contributed by atoms with Gasteiger partial charge >= 0.3 is 0 Å². The summed E-state index contributed by atoms with van der Waals surface area (Å²) >= 11 is 0. The van der Waals surface area contributed by atoms with Gasteiger partial charge in [-0.2, -0.15) is 0 Å². The lowest BCUT2D eigenvalue weighted by atomic mass is 10.1. The van der Waals surface area contributed by atoms with Gasteiger partial charge in [-0.05, 0) is 31.4 Å². The molecule has 0 amide bonds. The van der Waals surface area contributed by atoms with Crippen LogP contribution in [0.25, 0.3) is 0 Å². The number of benzene rings is 1. The van der Waals surface area contributed by atoms with E-state index in [-0.39, 0.29) is 0 Å². The average molecular weight is 321 g/mol. The smallest absolute Gasteiger partial charge is 0.164 e. The van der Waals surface area contributed by atoms with Gasteiger partial charge in [0.15, 0.2) is 11.5 Å². The van der Waals surface area contributed by atoms with Crippen LogP contribution in [0.15, 0.2) is 18.2 Å². The monoisotopic (exact) mass is 320 g/mol. The Kier molecular flexibility index (Phi) is 11.5. The first-order valence-electron chi connectivity index (χ1n) is 9.64. The molecule has 0 aliphatic carbocycles. The molecule has 0 bridgehead atoms. The number of hydrogen-bond acceptors (Lipinski definition) is 2. The van der Waals surface area contributed by atoms with Gasteiger partial charge < -0.3 is 9.47 Å². The zero-order chi connectivity index (χ0) is 16.8. The molecule has 2 heteroatoms. The maximum absolute atomic E-state index is 6.02. The molecule has 23 heavy (non-hydrogen) atoms. The van der Waals surface area contributed by atoms with Crippen molar-refractivity contribution in [3.63, 3.8) is 0 Å². The van der Waals surface area contributed by atoms with Crippen LogP contribution in [0.3, 0.4) is 0 Å². The molecule has 0 heterocycles. The van der Waals surface area contributed by atoms with Gasteiger partial charge in [-0.25, -0.2) is 0 Å². The van der Waals surface area contributed by atoms with Gasteiger partial charge in [-0.1, -0.05) is 77.3 Å². The summed E-state index contributed by atoms with van der Waals surface area (Å²) in [6.07, 6.45) is 12.6. The van der Waals surface area contributed by atoms with Crippen molar-refractivity contribution in [3.8, 4) is 11.5 Å². The van der Waals surface area contributed by atoms with Gasteiger partial charge in [-0.15, -0.1) is 0 Å². The van der Waals surface area contributed by atoms with Gasteiger partial charge in [-0.3, -0.25) is 0 Å². The Morgan fingerprint density at radius 1 is 0.696 bits per heavy atom. The highest BCUT2D eigenvalue weighted by Gasteiger charge is 2.08. The molecular formula is C21H36O2. The minimum atomic E-state index is 0.792. The first-order chi connectivity index (χ1) is 11.3. The van der Waals surface area contributed by atoms with Crippen LogP contribution in [0, 0.1) is 6.92 Å². The summed E-state index contributed by atoms with van der Waals surface area (Å²) in [6.45, 7) is 8.17. The maximum Gasteiger partial charge on any atom is 0.164 e. The fourth-order valence-electron chi connectivity index (χ4n) is 2.69. The van der Waals surface area contributed by atoms with Crippen molar-refractivity contribution < 1.29 is 9.47 Å². The van der Waals surface area contributed by atoms with Crippen molar-refractivity contribution in [3.05, 3.63) is 23.8 Å². The number of ether oxygens (including phenoxy) is 2. The summed E-state index contributed by atoms with van der Waals surface area (Å²) in [5, 5.41) is 0. The van der Waals surface area contributed by atoms with Crippen LogP contribution < -0.4 is 9.47 Å². The topological polar surface area (TPSA) is 18.5 Å². The summed E-state index contributed by atoms with van der Waals surface area (Å²) in [5.74, 6) is 1.85. The molecule has 0 aliphatic rings.